The van der Waals surface area contributed by atoms with Gasteiger partial charge in [-0.1, -0.05) is 10.4 Å². The molecule has 0 spiro atoms. The van der Waals surface area contributed by atoms with Crippen molar-refractivity contribution in [1.29, 1.82) is 0 Å². The van der Waals surface area contributed by atoms with E-state index in [0.717, 1.165) is 25.0 Å². The Morgan fingerprint density at radius 3 is 2.49 bits per heavy atom. The molecular formula is C24H27F3N4O6. The molecule has 13 heteroatoms. The minimum Gasteiger partial charge on any atom is -0.394 e. The molecule has 200 valence electrons. The van der Waals surface area contributed by atoms with Crippen molar-refractivity contribution < 1.29 is 42.5 Å². The second-order valence-corrected chi connectivity index (χ2v) is 9.54. The van der Waals surface area contributed by atoms with Gasteiger partial charge in [0.1, 0.15) is 35.6 Å². The summed E-state index contributed by atoms with van der Waals surface area (Å²) in [6, 6.07) is 2.34. The first kappa shape index (κ1) is 25.8. The van der Waals surface area contributed by atoms with Gasteiger partial charge in [0.05, 0.1) is 24.6 Å². The number of nitrogens with zero attached hydrogens (tertiary/aromatic N) is 4. The molecule has 3 N–H and O–H groups in total. The molecule has 10 nitrogen and oxygen atoms in total. The summed E-state index contributed by atoms with van der Waals surface area (Å²) in [6.07, 6.45) is 0.621. The van der Waals surface area contributed by atoms with Gasteiger partial charge in [-0.05, 0) is 37.8 Å². The topological polar surface area (TPSA) is 136 Å². The maximum atomic E-state index is 13.7. The van der Waals surface area contributed by atoms with Crippen molar-refractivity contribution in [1.82, 2.24) is 20.2 Å². The van der Waals surface area contributed by atoms with Crippen molar-refractivity contribution in [3.8, 4) is 11.3 Å². The molecule has 37 heavy (non-hydrogen) atoms. The second-order valence-electron chi connectivity index (χ2n) is 9.54. The second kappa shape index (κ2) is 10.1. The van der Waals surface area contributed by atoms with Crippen LogP contribution in [-0.2, 0) is 21.5 Å². The van der Waals surface area contributed by atoms with Crippen molar-refractivity contribution in [2.45, 2.75) is 68.2 Å². The lowest BCUT2D eigenvalue weighted by Crippen LogP contribution is -2.57. The van der Waals surface area contributed by atoms with Crippen molar-refractivity contribution in [3.63, 3.8) is 0 Å². The summed E-state index contributed by atoms with van der Waals surface area (Å²) in [4.78, 5) is 0. The average Bonchev–Trinajstić information content (AvgIpc) is 3.64. The number of benzene rings is 1. The molecule has 2 fully saturated rings. The molecule has 3 aromatic rings. The van der Waals surface area contributed by atoms with Crippen molar-refractivity contribution in [2.24, 2.45) is 0 Å². The van der Waals surface area contributed by atoms with E-state index in [4.69, 9.17) is 14.0 Å². The minimum absolute atomic E-state index is 0.0365. The predicted octanol–water partition coefficient (Wildman–Crippen LogP) is 2.03. The van der Waals surface area contributed by atoms with E-state index < -0.39 is 60.1 Å². The molecule has 1 aliphatic carbocycles. The summed E-state index contributed by atoms with van der Waals surface area (Å²) in [5.74, 6) is -3.97. The summed E-state index contributed by atoms with van der Waals surface area (Å²) in [6.45, 7) is -0.510. The Labute approximate surface area is 209 Å². The largest absolute Gasteiger partial charge is 0.394 e. The third-order valence-electron chi connectivity index (χ3n) is 7.19. The summed E-state index contributed by atoms with van der Waals surface area (Å²) >= 11 is 0. The Bertz CT molecular complexity index is 1220. The normalized spacial score (nSPS) is 27.6. The van der Waals surface area contributed by atoms with Gasteiger partial charge in [-0.15, -0.1) is 5.10 Å². The van der Waals surface area contributed by atoms with Gasteiger partial charge in [0.25, 0.3) is 0 Å². The molecule has 0 amide bonds. The maximum Gasteiger partial charge on any atom is 0.194 e. The molecule has 5 rings (SSSR count). The monoisotopic (exact) mass is 524 g/mol. The molecule has 2 aromatic heterocycles. The molecule has 0 radical (unpaired) electrons. The third-order valence-corrected chi connectivity index (χ3v) is 7.19. The van der Waals surface area contributed by atoms with Gasteiger partial charge < -0.3 is 29.3 Å². The fraction of sp³-hybridized carbons (Fsp3) is 0.542. The van der Waals surface area contributed by atoms with Crippen LogP contribution in [0.4, 0.5) is 13.2 Å². The van der Waals surface area contributed by atoms with Crippen LogP contribution in [0.15, 0.2) is 28.9 Å². The van der Waals surface area contributed by atoms with E-state index in [0.29, 0.717) is 24.3 Å². The molecule has 3 heterocycles. The summed E-state index contributed by atoms with van der Waals surface area (Å²) in [7, 11) is 1.41. The van der Waals surface area contributed by atoms with Crippen LogP contribution in [0.2, 0.25) is 0 Å². The Morgan fingerprint density at radius 2 is 1.84 bits per heavy atom. The first-order valence-corrected chi connectivity index (χ1v) is 12.0. The zero-order chi connectivity index (χ0) is 26.3. The number of aliphatic hydroxyl groups is 3. The van der Waals surface area contributed by atoms with Gasteiger partial charge in [-0.25, -0.2) is 17.9 Å². The fourth-order valence-electron chi connectivity index (χ4n) is 5.23. The average molecular weight is 524 g/mol. The number of ether oxygens (including phenoxy) is 2. The quantitative estimate of drug-likeness (QED) is 0.397. The number of methoxy groups -OCH3 is 1. The van der Waals surface area contributed by atoms with Crippen LogP contribution in [0.25, 0.3) is 11.3 Å². The van der Waals surface area contributed by atoms with Crippen LogP contribution in [-0.4, -0.2) is 73.6 Å². The van der Waals surface area contributed by atoms with Crippen LogP contribution >= 0.6 is 0 Å². The van der Waals surface area contributed by atoms with Crippen LogP contribution in [0.5, 0.6) is 0 Å². The van der Waals surface area contributed by atoms with E-state index in [1.165, 1.54) is 18.0 Å². The Hall–Kier alpha value is -2.84. The Balaban J connectivity index is 1.42. The van der Waals surface area contributed by atoms with Gasteiger partial charge in [0.15, 0.2) is 23.2 Å². The molecule has 2 aliphatic rings. The number of aliphatic hydroxyl groups excluding tert-OH is 2. The highest BCUT2D eigenvalue weighted by atomic mass is 19.2. The van der Waals surface area contributed by atoms with Gasteiger partial charge in [0, 0.05) is 25.2 Å². The highest BCUT2D eigenvalue weighted by Gasteiger charge is 2.47. The van der Waals surface area contributed by atoms with Crippen LogP contribution in [0, 0.1) is 17.5 Å². The van der Waals surface area contributed by atoms with E-state index in [9.17, 15) is 28.5 Å². The molecule has 1 aliphatic heterocycles. The standard InChI is InChI=1S/C24H27F3N4O6/c1-35-23-17(8-13-9-19(37-29-13)24(34)4-2-3-5-24)36-18(11-32)22(33)21(23)31-10-16(28-30-31)12-6-14(25)20(27)15(26)7-12/h6-7,9-10,17-18,21-23,32-34H,2-5,8,11H2,1H3/t17-,18-,21+,22+,23+/m1/s1. The molecule has 0 bridgehead atoms. The number of rotatable bonds is 7. The predicted molar refractivity (Wildman–Crippen MR) is 119 cm³/mol. The van der Waals surface area contributed by atoms with Gasteiger partial charge in [-0.3, -0.25) is 0 Å². The number of aromatic nitrogens is 4. The highest BCUT2D eigenvalue weighted by Crippen LogP contribution is 2.39. The van der Waals surface area contributed by atoms with Gasteiger partial charge in [-0.2, -0.15) is 0 Å². The number of hydrogen-bond acceptors (Lipinski definition) is 9. The SMILES string of the molecule is CO[C@@H]1[C@@H](n2cc(-c3cc(F)c(F)c(F)c3)nn2)[C@@H](O)[C@@H](CO)O[C@@H]1Cc1cc(C2(O)CCCC2)on1. The van der Waals surface area contributed by atoms with E-state index in [1.54, 1.807) is 6.07 Å². The third kappa shape index (κ3) is 4.77. The Kier molecular flexibility index (Phi) is 7.07. The highest BCUT2D eigenvalue weighted by molar-refractivity contribution is 5.57. The van der Waals surface area contributed by atoms with Gasteiger partial charge in [0.2, 0.25) is 0 Å². The lowest BCUT2D eigenvalue weighted by atomic mass is 9.90. The molecule has 1 saturated carbocycles. The first-order valence-electron chi connectivity index (χ1n) is 12.0. The first-order chi connectivity index (χ1) is 17.7. The fourth-order valence-corrected chi connectivity index (χ4v) is 5.23. The van der Waals surface area contributed by atoms with Crippen molar-refractivity contribution in [3.05, 3.63) is 53.3 Å². The van der Waals surface area contributed by atoms with E-state index >= 15 is 0 Å². The summed E-state index contributed by atoms with van der Waals surface area (Å²) in [5, 5.41) is 43.6. The lowest BCUT2D eigenvalue weighted by molar-refractivity contribution is -0.212. The van der Waals surface area contributed by atoms with E-state index in [-0.39, 0.29) is 17.7 Å². The lowest BCUT2D eigenvalue weighted by Gasteiger charge is -2.43. The smallest absolute Gasteiger partial charge is 0.194 e. The summed E-state index contributed by atoms with van der Waals surface area (Å²) in [5.41, 5.74) is -0.573. The van der Waals surface area contributed by atoms with Crippen molar-refractivity contribution >= 4 is 0 Å². The van der Waals surface area contributed by atoms with Crippen LogP contribution < -0.4 is 0 Å². The van der Waals surface area contributed by atoms with Crippen molar-refractivity contribution in [2.75, 3.05) is 13.7 Å². The van der Waals surface area contributed by atoms with E-state index in [1.807, 2.05) is 0 Å². The minimum atomic E-state index is -1.60. The van der Waals surface area contributed by atoms with Gasteiger partial charge >= 0.3 is 0 Å². The molecule has 1 aromatic carbocycles. The van der Waals surface area contributed by atoms with E-state index in [2.05, 4.69) is 15.5 Å². The maximum absolute atomic E-state index is 13.7. The molecule has 5 atom stereocenters. The summed E-state index contributed by atoms with van der Waals surface area (Å²) < 4.78 is 59.1. The molecular weight excluding hydrogens is 497 g/mol. The number of hydrogen-bond donors (Lipinski definition) is 3. The molecule has 1 saturated heterocycles. The van der Waals surface area contributed by atoms with Crippen LogP contribution in [0.3, 0.4) is 0 Å². The zero-order valence-electron chi connectivity index (χ0n) is 19.9. The molecule has 0 unspecified atom stereocenters. The number of halogens is 3. The Morgan fingerprint density at radius 1 is 1.14 bits per heavy atom. The van der Waals surface area contributed by atoms with Crippen LogP contribution in [0.1, 0.15) is 43.2 Å². The zero-order valence-corrected chi connectivity index (χ0v) is 19.9.